The van der Waals surface area contributed by atoms with Crippen LogP contribution in [-0.2, 0) is 6.18 Å². The zero-order valence-electron chi connectivity index (χ0n) is 15.6. The van der Waals surface area contributed by atoms with Crippen LogP contribution in [0.1, 0.15) is 54.7 Å². The summed E-state index contributed by atoms with van der Waals surface area (Å²) >= 11 is 0. The van der Waals surface area contributed by atoms with Crippen molar-refractivity contribution in [1.82, 2.24) is 4.98 Å². The molecule has 0 radical (unpaired) electrons. The number of aromatic nitrogens is 1. The molecule has 0 atom stereocenters. The summed E-state index contributed by atoms with van der Waals surface area (Å²) < 4.78 is 46.0. The fourth-order valence-electron chi connectivity index (χ4n) is 4.15. The van der Waals surface area contributed by atoms with Crippen LogP contribution in [0.3, 0.4) is 0 Å². The monoisotopic (exact) mass is 389 g/mol. The molecule has 0 spiro atoms. The zero-order valence-corrected chi connectivity index (χ0v) is 15.6. The van der Waals surface area contributed by atoms with Gasteiger partial charge in [0.2, 0.25) is 0 Å². The predicted octanol–water partition coefficient (Wildman–Crippen LogP) is 7.04. The summed E-state index contributed by atoms with van der Waals surface area (Å²) in [6.45, 7) is 1.49. The number of benzene rings is 2. The normalized spacial score (nSPS) is 15.9. The summed E-state index contributed by atoms with van der Waals surface area (Å²) in [5.74, 6) is 0.111. The first-order valence-electron chi connectivity index (χ1n) is 9.52. The van der Waals surface area contributed by atoms with E-state index in [1.165, 1.54) is 37.8 Å². The second kappa shape index (κ2) is 7.08. The topological polar surface area (TPSA) is 45.2 Å². The van der Waals surface area contributed by atoms with E-state index in [0.717, 1.165) is 23.7 Å². The SMILES string of the molecule is Cc1cc(O)cc(C(F)(F)F)c1Oc1ccc2[nH]cc(C3CCCCC3)c2c1. The van der Waals surface area contributed by atoms with Crippen molar-refractivity contribution in [3.05, 3.63) is 53.2 Å². The maximum Gasteiger partial charge on any atom is 0.420 e. The summed E-state index contributed by atoms with van der Waals surface area (Å²) in [4.78, 5) is 3.26. The molecule has 2 N–H and O–H groups in total. The molecular formula is C22H22F3NO2. The van der Waals surface area contributed by atoms with Gasteiger partial charge in [0, 0.05) is 17.1 Å². The van der Waals surface area contributed by atoms with Crippen molar-refractivity contribution in [3.63, 3.8) is 0 Å². The van der Waals surface area contributed by atoms with E-state index >= 15 is 0 Å². The molecule has 0 bridgehead atoms. The molecule has 148 valence electrons. The van der Waals surface area contributed by atoms with Crippen LogP contribution in [0.15, 0.2) is 36.5 Å². The Morgan fingerprint density at radius 3 is 2.54 bits per heavy atom. The number of aryl methyl sites for hydroxylation is 1. The van der Waals surface area contributed by atoms with Crippen molar-refractivity contribution >= 4 is 10.9 Å². The average Bonchev–Trinajstić information content (AvgIpc) is 3.07. The zero-order chi connectivity index (χ0) is 19.9. The van der Waals surface area contributed by atoms with E-state index < -0.39 is 17.5 Å². The lowest BCUT2D eigenvalue weighted by Gasteiger charge is -2.21. The molecule has 2 aromatic carbocycles. The lowest BCUT2D eigenvalue weighted by molar-refractivity contribution is -0.138. The highest BCUT2D eigenvalue weighted by molar-refractivity contribution is 5.85. The minimum Gasteiger partial charge on any atom is -0.508 e. The van der Waals surface area contributed by atoms with Gasteiger partial charge in [0.1, 0.15) is 22.8 Å². The summed E-state index contributed by atoms with van der Waals surface area (Å²) in [5.41, 5.74) is 1.41. The molecule has 0 amide bonds. The molecule has 3 nitrogen and oxygen atoms in total. The predicted molar refractivity (Wildman–Crippen MR) is 102 cm³/mol. The van der Waals surface area contributed by atoms with Gasteiger partial charge in [0.25, 0.3) is 0 Å². The molecule has 3 aromatic rings. The van der Waals surface area contributed by atoms with Gasteiger partial charge in [-0.3, -0.25) is 0 Å². The van der Waals surface area contributed by atoms with Gasteiger partial charge < -0.3 is 14.8 Å². The van der Waals surface area contributed by atoms with Crippen molar-refractivity contribution in [3.8, 4) is 17.2 Å². The quantitative estimate of drug-likeness (QED) is 0.504. The Morgan fingerprint density at radius 1 is 1.07 bits per heavy atom. The number of fused-ring (bicyclic) bond motifs is 1. The van der Waals surface area contributed by atoms with Crippen molar-refractivity contribution in [2.45, 2.75) is 51.1 Å². The molecule has 1 saturated carbocycles. The number of hydrogen-bond donors (Lipinski definition) is 2. The largest absolute Gasteiger partial charge is 0.508 e. The fraction of sp³-hybridized carbons (Fsp3) is 0.364. The number of halogens is 3. The van der Waals surface area contributed by atoms with Crippen LogP contribution in [0.25, 0.3) is 10.9 Å². The Balaban J connectivity index is 1.73. The molecule has 0 unspecified atom stereocenters. The lowest BCUT2D eigenvalue weighted by Crippen LogP contribution is -2.08. The first-order chi connectivity index (χ1) is 13.3. The Bertz CT molecular complexity index is 1000. The van der Waals surface area contributed by atoms with Crippen LogP contribution in [0.2, 0.25) is 0 Å². The van der Waals surface area contributed by atoms with E-state index in [4.69, 9.17) is 4.74 Å². The Kier molecular flexibility index (Phi) is 4.73. The van der Waals surface area contributed by atoms with Crippen molar-refractivity contribution in [2.75, 3.05) is 0 Å². The lowest BCUT2D eigenvalue weighted by atomic mass is 9.84. The summed E-state index contributed by atoms with van der Waals surface area (Å²) in [6.07, 6.45) is 3.32. The summed E-state index contributed by atoms with van der Waals surface area (Å²) in [5, 5.41) is 10.6. The fourth-order valence-corrected chi connectivity index (χ4v) is 4.15. The number of H-pyrrole nitrogens is 1. The summed E-state index contributed by atoms with van der Waals surface area (Å²) in [7, 11) is 0. The molecule has 1 aromatic heterocycles. The van der Waals surface area contributed by atoms with Gasteiger partial charge in [-0.25, -0.2) is 0 Å². The average molecular weight is 389 g/mol. The van der Waals surface area contributed by atoms with E-state index in [9.17, 15) is 18.3 Å². The van der Waals surface area contributed by atoms with Crippen LogP contribution < -0.4 is 4.74 Å². The molecular weight excluding hydrogens is 367 g/mol. The standard InChI is InChI=1S/C22H22F3NO2/c1-13-9-15(27)10-19(22(23,24)25)21(13)28-16-7-8-20-17(11-16)18(12-26-20)14-5-3-2-4-6-14/h7-12,14,26-27H,2-6H2,1H3. The third kappa shape index (κ3) is 3.55. The number of nitrogens with one attached hydrogen (secondary N) is 1. The van der Waals surface area contributed by atoms with Gasteiger partial charge in [-0.15, -0.1) is 0 Å². The van der Waals surface area contributed by atoms with E-state index in [-0.39, 0.29) is 11.3 Å². The minimum absolute atomic E-state index is 0.231. The first-order valence-corrected chi connectivity index (χ1v) is 9.52. The van der Waals surface area contributed by atoms with Crippen LogP contribution in [0.5, 0.6) is 17.2 Å². The number of rotatable bonds is 3. The molecule has 1 aliphatic carbocycles. The molecule has 0 aliphatic heterocycles. The number of ether oxygens (including phenoxy) is 1. The van der Waals surface area contributed by atoms with Crippen LogP contribution in [0, 0.1) is 6.92 Å². The van der Waals surface area contributed by atoms with Crippen molar-refractivity contribution in [1.29, 1.82) is 0 Å². The molecule has 0 saturated heterocycles. The second-order valence-corrected chi connectivity index (χ2v) is 7.53. The molecule has 1 aliphatic rings. The van der Waals surface area contributed by atoms with Gasteiger partial charge >= 0.3 is 6.18 Å². The van der Waals surface area contributed by atoms with Crippen molar-refractivity contribution < 1.29 is 23.0 Å². The van der Waals surface area contributed by atoms with Gasteiger partial charge in [-0.2, -0.15) is 13.2 Å². The number of phenolic OH excluding ortho intramolecular Hbond substituents is 1. The highest BCUT2D eigenvalue weighted by Crippen LogP contribution is 2.43. The minimum atomic E-state index is -4.62. The molecule has 28 heavy (non-hydrogen) atoms. The highest BCUT2D eigenvalue weighted by atomic mass is 19.4. The smallest absolute Gasteiger partial charge is 0.420 e. The molecule has 4 rings (SSSR count). The van der Waals surface area contributed by atoms with E-state index in [0.29, 0.717) is 17.7 Å². The number of hydrogen-bond acceptors (Lipinski definition) is 2. The number of alkyl halides is 3. The van der Waals surface area contributed by atoms with E-state index in [1.807, 2.05) is 18.3 Å². The maximum atomic E-state index is 13.4. The van der Waals surface area contributed by atoms with Crippen LogP contribution in [-0.4, -0.2) is 10.1 Å². The Hall–Kier alpha value is -2.63. The Labute approximate surface area is 161 Å². The maximum absolute atomic E-state index is 13.4. The van der Waals surface area contributed by atoms with E-state index in [1.54, 1.807) is 6.07 Å². The second-order valence-electron chi connectivity index (χ2n) is 7.53. The van der Waals surface area contributed by atoms with E-state index in [2.05, 4.69) is 4.98 Å². The van der Waals surface area contributed by atoms with Crippen LogP contribution >= 0.6 is 0 Å². The first kappa shape index (κ1) is 18.7. The molecule has 1 heterocycles. The number of aromatic amines is 1. The van der Waals surface area contributed by atoms with Crippen LogP contribution in [0.4, 0.5) is 13.2 Å². The highest BCUT2D eigenvalue weighted by Gasteiger charge is 2.36. The van der Waals surface area contributed by atoms with Gasteiger partial charge in [-0.1, -0.05) is 19.3 Å². The van der Waals surface area contributed by atoms with Gasteiger partial charge in [-0.05, 0) is 67.1 Å². The van der Waals surface area contributed by atoms with Gasteiger partial charge in [0.05, 0.1) is 0 Å². The Morgan fingerprint density at radius 2 is 1.82 bits per heavy atom. The summed E-state index contributed by atoms with van der Waals surface area (Å²) in [6, 6.07) is 7.27. The van der Waals surface area contributed by atoms with Crippen molar-refractivity contribution in [2.24, 2.45) is 0 Å². The third-order valence-electron chi connectivity index (χ3n) is 5.51. The van der Waals surface area contributed by atoms with Gasteiger partial charge in [0.15, 0.2) is 0 Å². The number of aromatic hydroxyl groups is 1. The number of phenols is 1. The molecule has 1 fully saturated rings. The third-order valence-corrected chi connectivity index (χ3v) is 5.51. The molecule has 6 heteroatoms.